The topological polar surface area (TPSA) is 29.1 Å². The first-order valence-corrected chi connectivity index (χ1v) is 8.46. The van der Waals surface area contributed by atoms with Crippen molar-refractivity contribution < 1.29 is 4.21 Å². The average Bonchev–Trinajstić information content (AvgIpc) is 2.33. The van der Waals surface area contributed by atoms with Gasteiger partial charge in [-0.1, -0.05) is 38.5 Å². The van der Waals surface area contributed by atoms with E-state index in [-0.39, 0.29) is 0 Å². The Kier molecular flexibility index (Phi) is 6.73. The monoisotopic (exact) mass is 281 g/mol. The Morgan fingerprint density at radius 3 is 2.47 bits per heavy atom. The van der Waals surface area contributed by atoms with E-state index in [0.29, 0.717) is 17.7 Å². The molecule has 0 fully saturated rings. The summed E-state index contributed by atoms with van der Waals surface area (Å²) in [4.78, 5) is 0.981. The first kappa shape index (κ1) is 16.4. The molecule has 0 amide bonds. The molecular weight excluding hydrogens is 254 g/mol. The Labute approximate surface area is 120 Å². The molecule has 0 aliphatic heterocycles. The summed E-state index contributed by atoms with van der Waals surface area (Å²) in [6.07, 6.45) is 1.11. The minimum absolute atomic E-state index is 0.321. The fourth-order valence-electron chi connectivity index (χ4n) is 2.12. The highest BCUT2D eigenvalue weighted by atomic mass is 32.2. The maximum atomic E-state index is 12.5. The molecule has 0 spiro atoms. The van der Waals surface area contributed by atoms with Gasteiger partial charge in [0.05, 0.1) is 10.8 Å². The minimum atomic E-state index is -0.920. The number of hydrogen-bond donors (Lipinski definition) is 1. The molecule has 108 valence electrons. The van der Waals surface area contributed by atoms with Gasteiger partial charge in [-0.3, -0.25) is 4.21 Å². The summed E-state index contributed by atoms with van der Waals surface area (Å²) < 4.78 is 12.5. The first-order valence-electron chi connectivity index (χ1n) is 7.14. The normalized spacial score (nSPS) is 14.6. The van der Waals surface area contributed by atoms with Crippen molar-refractivity contribution in [1.82, 2.24) is 5.32 Å². The highest BCUT2D eigenvalue weighted by Crippen LogP contribution is 2.17. The second kappa shape index (κ2) is 7.81. The van der Waals surface area contributed by atoms with Gasteiger partial charge in [0.15, 0.2) is 0 Å². The van der Waals surface area contributed by atoms with Crippen LogP contribution in [-0.2, 0) is 10.8 Å². The number of hydrogen-bond acceptors (Lipinski definition) is 2. The summed E-state index contributed by atoms with van der Waals surface area (Å²) in [6.45, 7) is 11.6. The van der Waals surface area contributed by atoms with Crippen LogP contribution in [0.1, 0.15) is 38.3 Å². The van der Waals surface area contributed by atoms with Crippen molar-refractivity contribution >= 4 is 10.8 Å². The van der Waals surface area contributed by atoms with Crippen LogP contribution >= 0.6 is 0 Å². The Balaban J connectivity index is 2.76. The maximum absolute atomic E-state index is 12.5. The lowest BCUT2D eigenvalue weighted by molar-refractivity contribution is 0.431. The molecule has 2 nitrogen and oxygen atoms in total. The van der Waals surface area contributed by atoms with E-state index >= 15 is 0 Å². The van der Waals surface area contributed by atoms with Gasteiger partial charge < -0.3 is 5.32 Å². The SMILES string of the molecule is CCCNC(CS(=O)c1ccc(C)cc1C)C(C)C. The van der Waals surface area contributed by atoms with Gasteiger partial charge in [0.1, 0.15) is 0 Å². The first-order chi connectivity index (χ1) is 8.95. The van der Waals surface area contributed by atoms with Crippen molar-refractivity contribution in [3.05, 3.63) is 29.3 Å². The smallest absolute Gasteiger partial charge is 0.0548 e. The zero-order valence-electron chi connectivity index (χ0n) is 12.8. The van der Waals surface area contributed by atoms with Crippen molar-refractivity contribution in [2.24, 2.45) is 5.92 Å². The standard InChI is InChI=1S/C16H27NOS/c1-6-9-17-15(12(2)3)11-19(18)16-8-7-13(4)10-14(16)5/h7-8,10,12,15,17H,6,9,11H2,1-5H3. The molecular formula is C16H27NOS. The third kappa shape index (κ3) is 5.07. The molecule has 0 aromatic heterocycles. The van der Waals surface area contributed by atoms with Gasteiger partial charge >= 0.3 is 0 Å². The van der Waals surface area contributed by atoms with Gasteiger partial charge in [-0.25, -0.2) is 0 Å². The van der Waals surface area contributed by atoms with Gasteiger partial charge in [0, 0.05) is 16.7 Å². The third-order valence-corrected chi connectivity index (χ3v) is 4.98. The molecule has 0 aliphatic rings. The molecule has 0 radical (unpaired) electrons. The lowest BCUT2D eigenvalue weighted by atomic mass is 10.1. The quantitative estimate of drug-likeness (QED) is 0.829. The van der Waals surface area contributed by atoms with Crippen LogP contribution < -0.4 is 5.32 Å². The molecule has 0 bridgehead atoms. The minimum Gasteiger partial charge on any atom is -0.313 e. The van der Waals surface area contributed by atoms with E-state index < -0.39 is 10.8 Å². The fourth-order valence-corrected chi connectivity index (χ4v) is 3.77. The second-order valence-corrected chi connectivity index (χ2v) is 7.05. The maximum Gasteiger partial charge on any atom is 0.0548 e. The number of rotatable bonds is 7. The van der Waals surface area contributed by atoms with Crippen molar-refractivity contribution in [3.8, 4) is 0 Å². The molecule has 1 N–H and O–H groups in total. The molecule has 0 saturated carbocycles. The summed E-state index contributed by atoms with van der Waals surface area (Å²) >= 11 is 0. The summed E-state index contributed by atoms with van der Waals surface area (Å²) in [7, 11) is -0.920. The predicted octanol–water partition coefficient (Wildman–Crippen LogP) is 3.44. The summed E-state index contributed by atoms with van der Waals surface area (Å²) in [5.41, 5.74) is 2.36. The van der Waals surface area contributed by atoms with Gasteiger partial charge in [-0.05, 0) is 44.4 Å². The van der Waals surface area contributed by atoms with E-state index in [2.05, 4.69) is 39.1 Å². The Hall–Kier alpha value is -0.670. The highest BCUT2D eigenvalue weighted by molar-refractivity contribution is 7.85. The molecule has 1 rings (SSSR count). The molecule has 0 aliphatic carbocycles. The molecule has 3 heteroatoms. The number of nitrogens with one attached hydrogen (secondary N) is 1. The van der Waals surface area contributed by atoms with Crippen LogP contribution in [0, 0.1) is 19.8 Å². The van der Waals surface area contributed by atoms with Crippen LogP contribution in [0.3, 0.4) is 0 Å². The van der Waals surface area contributed by atoms with Crippen molar-refractivity contribution in [2.45, 2.75) is 52.0 Å². The van der Waals surface area contributed by atoms with E-state index in [1.165, 1.54) is 5.56 Å². The highest BCUT2D eigenvalue weighted by Gasteiger charge is 2.17. The molecule has 0 saturated heterocycles. The van der Waals surface area contributed by atoms with Crippen LogP contribution in [0.4, 0.5) is 0 Å². The average molecular weight is 281 g/mol. The fraction of sp³-hybridized carbons (Fsp3) is 0.625. The van der Waals surface area contributed by atoms with Crippen LogP contribution in [0.2, 0.25) is 0 Å². The van der Waals surface area contributed by atoms with E-state index in [0.717, 1.165) is 23.4 Å². The molecule has 1 aromatic carbocycles. The molecule has 2 unspecified atom stereocenters. The zero-order valence-corrected chi connectivity index (χ0v) is 13.6. The number of aryl methyl sites for hydroxylation is 2. The molecule has 19 heavy (non-hydrogen) atoms. The molecule has 2 atom stereocenters. The van der Waals surface area contributed by atoms with Crippen LogP contribution in [-0.4, -0.2) is 22.5 Å². The zero-order chi connectivity index (χ0) is 14.4. The third-order valence-electron chi connectivity index (χ3n) is 3.37. The predicted molar refractivity (Wildman–Crippen MR) is 84.1 cm³/mol. The van der Waals surface area contributed by atoms with E-state index in [9.17, 15) is 4.21 Å². The van der Waals surface area contributed by atoms with Crippen LogP contribution in [0.15, 0.2) is 23.1 Å². The lowest BCUT2D eigenvalue weighted by Gasteiger charge is -2.22. The van der Waals surface area contributed by atoms with E-state index in [1.807, 2.05) is 19.1 Å². The lowest BCUT2D eigenvalue weighted by Crippen LogP contribution is -2.39. The van der Waals surface area contributed by atoms with E-state index in [1.54, 1.807) is 0 Å². The number of benzene rings is 1. The Morgan fingerprint density at radius 2 is 1.95 bits per heavy atom. The largest absolute Gasteiger partial charge is 0.313 e. The molecule has 0 heterocycles. The Morgan fingerprint density at radius 1 is 1.26 bits per heavy atom. The van der Waals surface area contributed by atoms with Gasteiger partial charge in [0.2, 0.25) is 0 Å². The van der Waals surface area contributed by atoms with Crippen molar-refractivity contribution in [1.29, 1.82) is 0 Å². The van der Waals surface area contributed by atoms with Crippen LogP contribution in [0.5, 0.6) is 0 Å². The Bertz CT molecular complexity index is 429. The summed E-state index contributed by atoms with van der Waals surface area (Å²) in [5.74, 6) is 1.20. The second-order valence-electron chi connectivity index (χ2n) is 5.59. The summed E-state index contributed by atoms with van der Waals surface area (Å²) in [6, 6.07) is 6.49. The van der Waals surface area contributed by atoms with E-state index in [4.69, 9.17) is 0 Å². The molecule has 1 aromatic rings. The van der Waals surface area contributed by atoms with Gasteiger partial charge in [-0.2, -0.15) is 0 Å². The van der Waals surface area contributed by atoms with Crippen molar-refractivity contribution in [2.75, 3.05) is 12.3 Å². The van der Waals surface area contributed by atoms with Crippen LogP contribution in [0.25, 0.3) is 0 Å². The van der Waals surface area contributed by atoms with Crippen molar-refractivity contribution in [3.63, 3.8) is 0 Å². The van der Waals surface area contributed by atoms with Gasteiger partial charge in [0.25, 0.3) is 0 Å². The summed E-state index contributed by atoms with van der Waals surface area (Å²) in [5, 5.41) is 3.51. The van der Waals surface area contributed by atoms with Gasteiger partial charge in [-0.15, -0.1) is 0 Å².